The zero-order chi connectivity index (χ0) is 14.7. The van der Waals surface area contributed by atoms with E-state index >= 15 is 0 Å². The number of carbonyl (C=O) groups is 1. The summed E-state index contributed by atoms with van der Waals surface area (Å²) in [6, 6.07) is 8.58. The fourth-order valence-electron chi connectivity index (χ4n) is 1.63. The van der Waals surface area contributed by atoms with Gasteiger partial charge in [-0.2, -0.15) is 0 Å². The van der Waals surface area contributed by atoms with Gasteiger partial charge in [-0.25, -0.2) is 4.39 Å². The molecule has 0 aliphatic rings. The molecule has 0 atom stereocenters. The second-order valence-electron chi connectivity index (χ2n) is 4.15. The topological polar surface area (TPSA) is 78.3 Å². The first-order valence-corrected chi connectivity index (χ1v) is 6.11. The van der Waals surface area contributed by atoms with Crippen LogP contribution >= 0.6 is 11.6 Å². The van der Waals surface area contributed by atoms with Crippen molar-refractivity contribution in [1.82, 2.24) is 0 Å². The third-order valence-electron chi connectivity index (χ3n) is 2.67. The average molecular weight is 295 g/mol. The Hall–Kier alpha value is -2.27. The summed E-state index contributed by atoms with van der Waals surface area (Å²) < 4.78 is 19.0. The summed E-state index contributed by atoms with van der Waals surface area (Å²) in [6.45, 7) is -0.0728. The highest BCUT2D eigenvalue weighted by Crippen LogP contribution is 2.27. The molecule has 1 amide bonds. The van der Waals surface area contributed by atoms with Crippen molar-refractivity contribution in [2.75, 3.05) is 5.73 Å². The molecule has 6 heteroatoms. The summed E-state index contributed by atoms with van der Waals surface area (Å²) >= 11 is 5.94. The molecule has 0 aromatic heterocycles. The second-order valence-corrected chi connectivity index (χ2v) is 4.56. The number of hydrogen-bond acceptors (Lipinski definition) is 3. The fraction of sp³-hybridized carbons (Fsp3) is 0.0714. The second kappa shape index (κ2) is 5.79. The number of ether oxygens (including phenoxy) is 1. The molecule has 0 radical (unpaired) electrons. The first-order chi connectivity index (χ1) is 9.47. The zero-order valence-corrected chi connectivity index (χ0v) is 11.2. The highest BCUT2D eigenvalue weighted by molar-refractivity contribution is 6.32. The molecule has 0 aliphatic heterocycles. The normalized spacial score (nSPS) is 10.3. The van der Waals surface area contributed by atoms with Gasteiger partial charge in [0.2, 0.25) is 5.91 Å². The van der Waals surface area contributed by atoms with Crippen LogP contribution in [0, 0.1) is 5.82 Å². The van der Waals surface area contributed by atoms with Crippen LogP contribution in [-0.4, -0.2) is 5.91 Å². The van der Waals surface area contributed by atoms with Crippen LogP contribution in [0.5, 0.6) is 5.75 Å². The van der Waals surface area contributed by atoms with E-state index in [4.69, 9.17) is 27.8 Å². The Morgan fingerprint density at radius 3 is 2.65 bits per heavy atom. The largest absolute Gasteiger partial charge is 0.487 e. The van der Waals surface area contributed by atoms with Gasteiger partial charge in [0.1, 0.15) is 18.2 Å². The molecule has 0 fully saturated rings. The molecule has 104 valence electrons. The molecule has 4 nitrogen and oxygen atoms in total. The quantitative estimate of drug-likeness (QED) is 0.851. The van der Waals surface area contributed by atoms with Crippen molar-refractivity contribution >= 4 is 23.2 Å². The summed E-state index contributed by atoms with van der Waals surface area (Å²) in [5.41, 5.74) is 11.6. The van der Waals surface area contributed by atoms with Crippen molar-refractivity contribution in [3.8, 4) is 5.75 Å². The van der Waals surface area contributed by atoms with E-state index in [0.29, 0.717) is 16.5 Å². The lowest BCUT2D eigenvalue weighted by Crippen LogP contribution is -2.12. The first-order valence-electron chi connectivity index (χ1n) is 5.73. The minimum absolute atomic E-state index is 0.0728. The van der Waals surface area contributed by atoms with Gasteiger partial charge < -0.3 is 16.2 Å². The van der Waals surface area contributed by atoms with Crippen LogP contribution in [0.4, 0.5) is 10.1 Å². The van der Waals surface area contributed by atoms with Gasteiger partial charge in [0.05, 0.1) is 5.02 Å². The zero-order valence-electron chi connectivity index (χ0n) is 10.4. The summed E-state index contributed by atoms with van der Waals surface area (Å²) in [5.74, 6) is -0.733. The van der Waals surface area contributed by atoms with Crippen LogP contribution in [-0.2, 0) is 6.61 Å². The van der Waals surface area contributed by atoms with E-state index in [1.165, 1.54) is 24.3 Å². The highest BCUT2D eigenvalue weighted by Gasteiger charge is 2.09. The minimum atomic E-state index is -0.628. The smallest absolute Gasteiger partial charge is 0.248 e. The van der Waals surface area contributed by atoms with Crippen LogP contribution in [0.15, 0.2) is 36.4 Å². The van der Waals surface area contributed by atoms with Crippen LogP contribution in [0.2, 0.25) is 5.02 Å². The van der Waals surface area contributed by atoms with E-state index in [1.807, 2.05) is 0 Å². The Bertz CT molecular complexity index is 662. The number of rotatable bonds is 4. The summed E-state index contributed by atoms with van der Waals surface area (Å²) in [4.78, 5) is 11.1. The molecular weight excluding hydrogens is 283 g/mol. The molecule has 0 aliphatic carbocycles. The Balaban J connectivity index is 2.18. The lowest BCUT2D eigenvalue weighted by molar-refractivity contribution is 0.1000. The maximum absolute atomic E-state index is 13.6. The van der Waals surface area contributed by atoms with Gasteiger partial charge in [-0.3, -0.25) is 4.79 Å². The van der Waals surface area contributed by atoms with E-state index in [9.17, 15) is 9.18 Å². The Kier molecular flexibility index (Phi) is 4.10. The van der Waals surface area contributed by atoms with Gasteiger partial charge in [-0.1, -0.05) is 11.6 Å². The van der Waals surface area contributed by atoms with Crippen LogP contribution < -0.4 is 16.2 Å². The summed E-state index contributed by atoms with van der Waals surface area (Å²) in [7, 11) is 0. The molecule has 4 N–H and O–H groups in total. The number of anilines is 1. The van der Waals surface area contributed by atoms with Gasteiger partial charge in [0.25, 0.3) is 0 Å². The molecule has 2 aromatic carbocycles. The van der Waals surface area contributed by atoms with Crippen LogP contribution in [0.3, 0.4) is 0 Å². The molecule has 2 rings (SSSR count). The number of amides is 1. The molecular formula is C14H12ClFN2O2. The van der Waals surface area contributed by atoms with E-state index in [0.717, 1.165) is 0 Å². The van der Waals surface area contributed by atoms with Gasteiger partial charge in [0, 0.05) is 16.8 Å². The van der Waals surface area contributed by atoms with E-state index < -0.39 is 11.7 Å². The number of carbonyl (C=O) groups excluding carboxylic acids is 1. The maximum Gasteiger partial charge on any atom is 0.248 e. The minimum Gasteiger partial charge on any atom is -0.487 e. The third-order valence-corrected chi connectivity index (χ3v) is 2.96. The first kappa shape index (κ1) is 14.1. The highest BCUT2D eigenvalue weighted by atomic mass is 35.5. The van der Waals surface area contributed by atoms with Gasteiger partial charge in [-0.15, -0.1) is 0 Å². The van der Waals surface area contributed by atoms with Crippen molar-refractivity contribution in [1.29, 1.82) is 0 Å². The Morgan fingerprint density at radius 2 is 2.00 bits per heavy atom. The van der Waals surface area contributed by atoms with Crippen molar-refractivity contribution in [2.24, 2.45) is 5.73 Å². The molecule has 0 bridgehead atoms. The lowest BCUT2D eigenvalue weighted by Gasteiger charge is -2.10. The van der Waals surface area contributed by atoms with Crippen molar-refractivity contribution in [2.45, 2.75) is 6.61 Å². The predicted octanol–water partition coefficient (Wildman–Crippen LogP) is 2.74. The molecule has 0 saturated carbocycles. The number of hydrogen-bond donors (Lipinski definition) is 2. The monoisotopic (exact) mass is 294 g/mol. The summed E-state index contributed by atoms with van der Waals surface area (Å²) in [5, 5.41) is 0.330. The third kappa shape index (κ3) is 3.19. The standard InChI is InChI=1S/C14H12ClFN2O2/c15-11-6-10(17)2-4-13(11)20-7-9-5-8(14(18)19)1-3-12(9)16/h1-6H,7,17H2,(H2,18,19). The number of primary amides is 1. The molecule has 0 spiro atoms. The van der Waals surface area contributed by atoms with Crippen molar-refractivity contribution < 1.29 is 13.9 Å². The Morgan fingerprint density at radius 1 is 1.25 bits per heavy atom. The molecule has 20 heavy (non-hydrogen) atoms. The average Bonchev–Trinajstić information content (AvgIpc) is 2.39. The SMILES string of the molecule is NC(=O)c1ccc(F)c(COc2ccc(N)cc2Cl)c1. The van der Waals surface area contributed by atoms with Crippen molar-refractivity contribution in [3.63, 3.8) is 0 Å². The van der Waals surface area contributed by atoms with Gasteiger partial charge in [0.15, 0.2) is 0 Å². The van der Waals surface area contributed by atoms with Gasteiger partial charge in [-0.05, 0) is 36.4 Å². The van der Waals surface area contributed by atoms with E-state index in [-0.39, 0.29) is 17.7 Å². The van der Waals surface area contributed by atoms with Crippen LogP contribution in [0.1, 0.15) is 15.9 Å². The van der Waals surface area contributed by atoms with E-state index in [2.05, 4.69) is 0 Å². The number of nitrogen functional groups attached to an aromatic ring is 1. The molecule has 2 aromatic rings. The summed E-state index contributed by atoms with van der Waals surface area (Å²) in [6.07, 6.45) is 0. The predicted molar refractivity (Wildman–Crippen MR) is 75.1 cm³/mol. The van der Waals surface area contributed by atoms with Crippen LogP contribution in [0.25, 0.3) is 0 Å². The number of halogens is 2. The number of benzene rings is 2. The Labute approximate surface area is 120 Å². The van der Waals surface area contributed by atoms with Crippen molar-refractivity contribution in [3.05, 3.63) is 58.4 Å². The number of nitrogens with two attached hydrogens (primary N) is 2. The van der Waals surface area contributed by atoms with E-state index in [1.54, 1.807) is 12.1 Å². The molecule has 0 unspecified atom stereocenters. The fourth-order valence-corrected chi connectivity index (χ4v) is 1.87. The lowest BCUT2D eigenvalue weighted by atomic mass is 10.1. The maximum atomic E-state index is 13.6. The van der Waals surface area contributed by atoms with Gasteiger partial charge >= 0.3 is 0 Å². The molecule has 0 saturated heterocycles. The molecule has 0 heterocycles.